The molecule has 0 saturated carbocycles. The monoisotopic (exact) mass is 806 g/mol. The van der Waals surface area contributed by atoms with Gasteiger partial charge in [0, 0.05) is 6.42 Å². The summed E-state index contributed by atoms with van der Waals surface area (Å²) in [5.41, 5.74) is 4.17. The van der Waals surface area contributed by atoms with E-state index in [2.05, 4.69) is 36.5 Å². The molecule has 1 fully saturated rings. The molecule has 0 spiro atoms. The lowest BCUT2D eigenvalue weighted by atomic mass is 9.96. The van der Waals surface area contributed by atoms with Crippen LogP contribution in [0.1, 0.15) is 132 Å². The summed E-state index contributed by atoms with van der Waals surface area (Å²) >= 11 is 0. The molecule has 0 aliphatic carbocycles. The van der Waals surface area contributed by atoms with E-state index in [0.717, 1.165) is 41.5 Å². The average molecular weight is 806 g/mol. The van der Waals surface area contributed by atoms with E-state index >= 15 is 0 Å². The third-order valence-corrected chi connectivity index (χ3v) is 11.2. The van der Waals surface area contributed by atoms with E-state index in [4.69, 9.17) is 23.7 Å². The molecule has 0 unspecified atom stereocenters. The van der Waals surface area contributed by atoms with Gasteiger partial charge in [-0.3, -0.25) is 4.79 Å². The van der Waals surface area contributed by atoms with Gasteiger partial charge >= 0.3 is 0 Å². The average Bonchev–Trinajstić information content (AvgIpc) is 3.27. The van der Waals surface area contributed by atoms with Crippen molar-refractivity contribution in [1.29, 1.82) is 0 Å². The first-order valence-electron chi connectivity index (χ1n) is 22.7. The Morgan fingerprint density at radius 1 is 0.475 bits per heavy atom. The minimum atomic E-state index is -0.773. The van der Waals surface area contributed by atoms with Gasteiger partial charge in [-0.15, -0.1) is 0 Å². The second kappa shape index (κ2) is 28.6. The van der Waals surface area contributed by atoms with Crippen molar-refractivity contribution in [2.75, 3.05) is 6.61 Å². The van der Waals surface area contributed by atoms with E-state index in [-0.39, 0.29) is 12.5 Å². The second-order valence-electron chi connectivity index (χ2n) is 16.1. The van der Waals surface area contributed by atoms with Crippen LogP contribution in [0.5, 0.6) is 0 Å². The standard InChI is InChI=1S/C52H71NO6/c1-2-3-4-5-6-7-8-9-10-11-12-13-14-15-28-37-48(54)53-52-51(58-41-46-35-26-19-27-36-46)50(57-40-45-33-24-18-25-34-45)49(56-39-44-31-22-17-23-32-44)47(59-52)42-55-38-43-29-20-16-21-30-43/h16-27,29-36,47,49-52H,2-15,28,37-42H2,1H3,(H,53,54)/t47-,49-,50+,51-,52-/m1/s1. The topological polar surface area (TPSA) is 75.3 Å². The number of carbonyl (C=O) groups excluding carboxylic acids is 1. The molecule has 4 aromatic carbocycles. The number of unbranched alkanes of at least 4 members (excludes halogenated alkanes) is 14. The number of amides is 1. The van der Waals surface area contributed by atoms with Gasteiger partial charge in [-0.2, -0.15) is 0 Å². The van der Waals surface area contributed by atoms with E-state index in [0.29, 0.717) is 32.8 Å². The fourth-order valence-electron chi connectivity index (χ4n) is 7.79. The van der Waals surface area contributed by atoms with Crippen LogP contribution in [0.25, 0.3) is 0 Å². The fourth-order valence-corrected chi connectivity index (χ4v) is 7.79. The van der Waals surface area contributed by atoms with Crippen molar-refractivity contribution < 1.29 is 28.5 Å². The van der Waals surface area contributed by atoms with Crippen LogP contribution in [-0.4, -0.2) is 43.2 Å². The normalized spacial score (nSPS) is 19.1. The smallest absolute Gasteiger partial charge is 0.222 e. The van der Waals surface area contributed by atoms with Gasteiger partial charge < -0.3 is 29.0 Å². The number of rotatable bonds is 30. The first-order valence-corrected chi connectivity index (χ1v) is 22.7. The van der Waals surface area contributed by atoms with Crippen LogP contribution in [0.4, 0.5) is 0 Å². The van der Waals surface area contributed by atoms with E-state index < -0.39 is 30.6 Å². The van der Waals surface area contributed by atoms with Crippen molar-refractivity contribution in [3.63, 3.8) is 0 Å². The minimum absolute atomic E-state index is 0.0487. The summed E-state index contributed by atoms with van der Waals surface area (Å²) in [6.07, 6.45) is 16.6. The zero-order chi connectivity index (χ0) is 41.0. The lowest BCUT2D eigenvalue weighted by Gasteiger charge is -2.46. The van der Waals surface area contributed by atoms with Crippen LogP contribution in [0, 0.1) is 0 Å². The first kappa shape index (κ1) is 46.2. The van der Waals surface area contributed by atoms with Crippen molar-refractivity contribution in [3.05, 3.63) is 144 Å². The Morgan fingerprint density at radius 2 is 0.847 bits per heavy atom. The van der Waals surface area contributed by atoms with Crippen molar-refractivity contribution in [2.24, 2.45) is 0 Å². The van der Waals surface area contributed by atoms with Crippen LogP contribution in [-0.2, 0) is 54.9 Å². The summed E-state index contributed by atoms with van der Waals surface area (Å²) in [6.45, 7) is 3.98. The molecule has 1 amide bonds. The molecule has 4 aromatic rings. The molecule has 5 atom stereocenters. The molecule has 0 bridgehead atoms. The van der Waals surface area contributed by atoms with Gasteiger partial charge in [0.25, 0.3) is 0 Å². The van der Waals surface area contributed by atoms with Crippen molar-refractivity contribution in [3.8, 4) is 0 Å². The Balaban J connectivity index is 1.22. The van der Waals surface area contributed by atoms with Crippen LogP contribution in [0.3, 0.4) is 0 Å². The molecule has 0 radical (unpaired) electrons. The second-order valence-corrected chi connectivity index (χ2v) is 16.1. The third kappa shape index (κ3) is 18.1. The Labute approximate surface area is 355 Å². The molecular formula is C52H71NO6. The number of ether oxygens (including phenoxy) is 5. The summed E-state index contributed by atoms with van der Waals surface area (Å²) in [6, 6.07) is 40.4. The molecule has 0 aromatic heterocycles. The van der Waals surface area contributed by atoms with Crippen LogP contribution >= 0.6 is 0 Å². The van der Waals surface area contributed by atoms with Crippen LogP contribution < -0.4 is 5.32 Å². The number of hydrogen-bond acceptors (Lipinski definition) is 6. The number of hydrogen-bond donors (Lipinski definition) is 1. The SMILES string of the molecule is CCCCCCCCCCCCCCCCCC(=O)N[C@@H]1O[C@H](COCc2ccccc2)[C@@H](OCc2ccccc2)[C@H](OCc2ccccc2)[C@H]1OCc1ccccc1. The zero-order valence-corrected chi connectivity index (χ0v) is 35.7. The number of nitrogens with one attached hydrogen (secondary N) is 1. The predicted octanol–water partition coefficient (Wildman–Crippen LogP) is 12.1. The molecule has 320 valence electrons. The summed E-state index contributed by atoms with van der Waals surface area (Å²) in [5, 5.41) is 3.24. The molecule has 59 heavy (non-hydrogen) atoms. The van der Waals surface area contributed by atoms with Gasteiger partial charge in [-0.1, -0.05) is 218 Å². The largest absolute Gasteiger partial charge is 0.374 e. The molecule has 1 heterocycles. The zero-order valence-electron chi connectivity index (χ0n) is 35.7. The molecule has 1 N–H and O–H groups in total. The summed E-state index contributed by atoms with van der Waals surface area (Å²) in [7, 11) is 0. The van der Waals surface area contributed by atoms with Gasteiger partial charge in [0.15, 0.2) is 6.23 Å². The maximum absolute atomic E-state index is 13.7. The lowest BCUT2D eigenvalue weighted by Crippen LogP contribution is -2.65. The molecule has 7 heteroatoms. The quantitative estimate of drug-likeness (QED) is 0.0529. The lowest BCUT2D eigenvalue weighted by molar-refractivity contribution is -0.277. The third-order valence-electron chi connectivity index (χ3n) is 11.2. The maximum Gasteiger partial charge on any atom is 0.222 e. The van der Waals surface area contributed by atoms with Gasteiger partial charge in [0.2, 0.25) is 5.91 Å². The number of carbonyl (C=O) groups is 1. The minimum Gasteiger partial charge on any atom is -0.374 e. The summed E-state index contributed by atoms with van der Waals surface area (Å²) in [5.74, 6) is -0.0487. The Kier molecular flexibility index (Phi) is 22.4. The maximum atomic E-state index is 13.7. The summed E-state index contributed by atoms with van der Waals surface area (Å²) < 4.78 is 33.5. The van der Waals surface area contributed by atoms with Gasteiger partial charge in [-0.05, 0) is 28.7 Å². The molecule has 1 aliphatic heterocycles. The molecule has 5 rings (SSSR count). The summed E-state index contributed by atoms with van der Waals surface area (Å²) in [4.78, 5) is 13.7. The van der Waals surface area contributed by atoms with E-state index in [1.54, 1.807) is 0 Å². The van der Waals surface area contributed by atoms with Crippen LogP contribution in [0.15, 0.2) is 121 Å². The highest BCUT2D eigenvalue weighted by Gasteiger charge is 2.49. The Bertz CT molecular complexity index is 1620. The van der Waals surface area contributed by atoms with E-state index in [1.165, 1.54) is 77.0 Å². The van der Waals surface area contributed by atoms with Gasteiger partial charge in [0.1, 0.15) is 24.4 Å². The predicted molar refractivity (Wildman–Crippen MR) is 238 cm³/mol. The highest BCUT2D eigenvalue weighted by molar-refractivity contribution is 5.76. The van der Waals surface area contributed by atoms with Crippen molar-refractivity contribution in [2.45, 2.75) is 167 Å². The molecule has 7 nitrogen and oxygen atoms in total. The number of benzene rings is 4. The van der Waals surface area contributed by atoms with Gasteiger partial charge in [0.05, 0.1) is 33.0 Å². The Hall–Kier alpha value is -3.85. The molecule has 1 aliphatic rings. The molecular weight excluding hydrogens is 735 g/mol. The highest BCUT2D eigenvalue weighted by Crippen LogP contribution is 2.30. The fraction of sp³-hybridized carbons (Fsp3) is 0.519. The van der Waals surface area contributed by atoms with Crippen LogP contribution in [0.2, 0.25) is 0 Å². The van der Waals surface area contributed by atoms with Crippen molar-refractivity contribution >= 4 is 5.91 Å². The van der Waals surface area contributed by atoms with Gasteiger partial charge in [-0.25, -0.2) is 0 Å². The first-order chi connectivity index (χ1) is 29.2. The Morgan fingerprint density at radius 3 is 1.29 bits per heavy atom. The molecule has 1 saturated heterocycles. The van der Waals surface area contributed by atoms with Crippen molar-refractivity contribution in [1.82, 2.24) is 5.32 Å². The van der Waals surface area contributed by atoms with E-state index in [9.17, 15) is 4.79 Å². The van der Waals surface area contributed by atoms with E-state index in [1.807, 2.05) is 97.1 Å². The highest BCUT2D eigenvalue weighted by atomic mass is 16.6.